The maximum atomic E-state index is 11.2. The van der Waals surface area contributed by atoms with Gasteiger partial charge in [0, 0.05) is 6.54 Å². The SMILES string of the molecule is COc1cc(CN(C)C)cc(CC(C)(C)C(=O)O)c1. The second kappa shape index (κ2) is 6.06. The Morgan fingerprint density at radius 1 is 1.26 bits per heavy atom. The normalized spacial score (nSPS) is 11.7. The Labute approximate surface area is 115 Å². The van der Waals surface area contributed by atoms with Crippen molar-refractivity contribution in [2.24, 2.45) is 5.41 Å². The van der Waals surface area contributed by atoms with Crippen molar-refractivity contribution in [3.05, 3.63) is 29.3 Å². The molecule has 0 bridgehead atoms. The molecule has 0 heterocycles. The van der Waals surface area contributed by atoms with Gasteiger partial charge in [0.05, 0.1) is 12.5 Å². The molecule has 19 heavy (non-hydrogen) atoms. The maximum Gasteiger partial charge on any atom is 0.309 e. The molecule has 0 spiro atoms. The number of ether oxygens (including phenoxy) is 1. The van der Waals surface area contributed by atoms with Gasteiger partial charge in [0.15, 0.2) is 0 Å². The third kappa shape index (κ3) is 4.56. The average molecular weight is 265 g/mol. The number of hydrogen-bond acceptors (Lipinski definition) is 3. The molecule has 0 atom stereocenters. The van der Waals surface area contributed by atoms with Gasteiger partial charge in [-0.05, 0) is 57.6 Å². The number of benzene rings is 1. The Bertz CT molecular complexity index is 453. The number of nitrogens with zero attached hydrogens (tertiary/aromatic N) is 1. The van der Waals surface area contributed by atoms with Crippen molar-refractivity contribution in [1.29, 1.82) is 0 Å². The molecule has 1 aromatic carbocycles. The number of carboxylic acid groups (broad SMARTS) is 1. The van der Waals surface area contributed by atoms with Crippen LogP contribution in [0.25, 0.3) is 0 Å². The van der Waals surface area contributed by atoms with E-state index in [0.29, 0.717) is 6.42 Å². The fourth-order valence-corrected chi connectivity index (χ4v) is 1.99. The van der Waals surface area contributed by atoms with Crippen LogP contribution in [0.3, 0.4) is 0 Å². The lowest BCUT2D eigenvalue weighted by atomic mass is 9.85. The predicted molar refractivity (Wildman–Crippen MR) is 75.5 cm³/mol. The zero-order chi connectivity index (χ0) is 14.6. The number of carbonyl (C=O) groups is 1. The zero-order valence-corrected chi connectivity index (χ0v) is 12.4. The summed E-state index contributed by atoms with van der Waals surface area (Å²) in [6.07, 6.45) is 0.486. The van der Waals surface area contributed by atoms with E-state index in [2.05, 4.69) is 4.90 Å². The molecule has 0 aromatic heterocycles. The lowest BCUT2D eigenvalue weighted by molar-refractivity contribution is -0.146. The van der Waals surface area contributed by atoms with Crippen molar-refractivity contribution in [2.45, 2.75) is 26.8 Å². The number of methoxy groups -OCH3 is 1. The summed E-state index contributed by atoms with van der Waals surface area (Å²) in [5.74, 6) is -0.0139. The molecule has 1 N–H and O–H groups in total. The van der Waals surface area contributed by atoms with Gasteiger partial charge in [-0.25, -0.2) is 0 Å². The van der Waals surface area contributed by atoms with Crippen LogP contribution < -0.4 is 4.74 Å². The summed E-state index contributed by atoms with van der Waals surface area (Å²) in [5.41, 5.74) is 1.34. The molecule has 0 aliphatic rings. The van der Waals surface area contributed by atoms with Gasteiger partial charge < -0.3 is 14.7 Å². The van der Waals surface area contributed by atoms with E-state index in [-0.39, 0.29) is 0 Å². The van der Waals surface area contributed by atoms with E-state index in [1.807, 2.05) is 32.3 Å². The Balaban J connectivity index is 3.03. The van der Waals surface area contributed by atoms with Gasteiger partial charge in [-0.3, -0.25) is 4.79 Å². The fourth-order valence-electron chi connectivity index (χ4n) is 1.99. The molecule has 0 aliphatic heterocycles. The monoisotopic (exact) mass is 265 g/mol. The Kier molecular flexibility index (Phi) is 4.95. The molecule has 0 unspecified atom stereocenters. The molecular weight excluding hydrogens is 242 g/mol. The van der Waals surface area contributed by atoms with E-state index in [4.69, 9.17) is 4.74 Å². The van der Waals surface area contributed by atoms with Gasteiger partial charge in [0.25, 0.3) is 0 Å². The van der Waals surface area contributed by atoms with Crippen molar-refractivity contribution in [3.8, 4) is 5.75 Å². The molecular formula is C15H23NO3. The first kappa shape index (κ1) is 15.5. The van der Waals surface area contributed by atoms with Crippen LogP contribution in [-0.2, 0) is 17.8 Å². The number of hydrogen-bond donors (Lipinski definition) is 1. The molecule has 106 valence electrons. The first-order valence-electron chi connectivity index (χ1n) is 6.29. The minimum Gasteiger partial charge on any atom is -0.497 e. The molecule has 0 radical (unpaired) electrons. The summed E-state index contributed by atoms with van der Waals surface area (Å²) in [4.78, 5) is 13.3. The molecule has 4 heteroatoms. The van der Waals surface area contributed by atoms with Gasteiger partial charge in [-0.1, -0.05) is 6.07 Å². The van der Waals surface area contributed by atoms with E-state index in [1.165, 1.54) is 0 Å². The molecule has 0 saturated carbocycles. The lowest BCUT2D eigenvalue weighted by Crippen LogP contribution is -2.26. The van der Waals surface area contributed by atoms with Crippen LogP contribution in [0.1, 0.15) is 25.0 Å². The summed E-state index contributed by atoms with van der Waals surface area (Å²) in [5, 5.41) is 9.20. The van der Waals surface area contributed by atoms with Crippen LogP contribution >= 0.6 is 0 Å². The highest BCUT2D eigenvalue weighted by Crippen LogP contribution is 2.26. The second-order valence-corrected chi connectivity index (χ2v) is 5.79. The Hall–Kier alpha value is -1.55. The molecule has 1 aromatic rings. The summed E-state index contributed by atoms with van der Waals surface area (Å²) >= 11 is 0. The quantitative estimate of drug-likeness (QED) is 0.858. The highest BCUT2D eigenvalue weighted by atomic mass is 16.5. The number of carboxylic acids is 1. The molecule has 0 amide bonds. The fraction of sp³-hybridized carbons (Fsp3) is 0.533. The molecule has 0 fully saturated rings. The van der Waals surface area contributed by atoms with Crippen LogP contribution in [0.2, 0.25) is 0 Å². The van der Waals surface area contributed by atoms with E-state index in [9.17, 15) is 9.90 Å². The molecule has 0 aliphatic carbocycles. The third-order valence-electron chi connectivity index (χ3n) is 2.99. The summed E-state index contributed by atoms with van der Waals surface area (Å²) < 4.78 is 5.29. The summed E-state index contributed by atoms with van der Waals surface area (Å²) in [6, 6.07) is 5.94. The zero-order valence-electron chi connectivity index (χ0n) is 12.4. The second-order valence-electron chi connectivity index (χ2n) is 5.79. The minimum atomic E-state index is -0.788. The van der Waals surface area contributed by atoms with Gasteiger partial charge in [-0.2, -0.15) is 0 Å². The van der Waals surface area contributed by atoms with Crippen LogP contribution in [0.15, 0.2) is 18.2 Å². The van der Waals surface area contributed by atoms with E-state index in [1.54, 1.807) is 21.0 Å². The molecule has 1 rings (SSSR count). The van der Waals surface area contributed by atoms with Gasteiger partial charge in [-0.15, -0.1) is 0 Å². The minimum absolute atomic E-state index is 0.486. The van der Waals surface area contributed by atoms with E-state index < -0.39 is 11.4 Å². The highest BCUT2D eigenvalue weighted by Gasteiger charge is 2.27. The molecule has 0 saturated heterocycles. The smallest absolute Gasteiger partial charge is 0.309 e. The van der Waals surface area contributed by atoms with Gasteiger partial charge >= 0.3 is 5.97 Å². The molecule has 4 nitrogen and oxygen atoms in total. The standard InChI is InChI=1S/C15H23NO3/c1-15(2,14(17)18)9-11-6-12(10-16(3)4)8-13(7-11)19-5/h6-8H,9-10H2,1-5H3,(H,17,18). The third-order valence-corrected chi connectivity index (χ3v) is 2.99. The predicted octanol–water partition coefficient (Wildman–Crippen LogP) is 2.41. The maximum absolute atomic E-state index is 11.2. The summed E-state index contributed by atoms with van der Waals surface area (Å²) in [6.45, 7) is 4.28. The lowest BCUT2D eigenvalue weighted by Gasteiger charge is -2.20. The first-order chi connectivity index (χ1) is 8.74. The number of rotatable bonds is 6. The van der Waals surface area contributed by atoms with E-state index in [0.717, 1.165) is 23.4 Å². The topological polar surface area (TPSA) is 49.8 Å². The van der Waals surface area contributed by atoms with Gasteiger partial charge in [0.2, 0.25) is 0 Å². The van der Waals surface area contributed by atoms with Crippen LogP contribution in [0.4, 0.5) is 0 Å². The van der Waals surface area contributed by atoms with Crippen LogP contribution in [-0.4, -0.2) is 37.2 Å². The highest BCUT2D eigenvalue weighted by molar-refractivity contribution is 5.74. The van der Waals surface area contributed by atoms with Crippen LogP contribution in [0, 0.1) is 5.41 Å². The van der Waals surface area contributed by atoms with Crippen molar-refractivity contribution in [3.63, 3.8) is 0 Å². The van der Waals surface area contributed by atoms with Crippen LogP contribution in [0.5, 0.6) is 5.75 Å². The van der Waals surface area contributed by atoms with Crippen molar-refractivity contribution < 1.29 is 14.6 Å². The number of aliphatic carboxylic acids is 1. The summed E-state index contributed by atoms with van der Waals surface area (Å²) in [7, 11) is 5.63. The van der Waals surface area contributed by atoms with Crippen molar-refractivity contribution >= 4 is 5.97 Å². The Morgan fingerprint density at radius 2 is 1.84 bits per heavy atom. The van der Waals surface area contributed by atoms with Gasteiger partial charge in [0.1, 0.15) is 5.75 Å². The average Bonchev–Trinajstić information content (AvgIpc) is 2.26. The first-order valence-corrected chi connectivity index (χ1v) is 6.29. The van der Waals surface area contributed by atoms with Crippen molar-refractivity contribution in [1.82, 2.24) is 4.90 Å². The Morgan fingerprint density at radius 3 is 2.32 bits per heavy atom. The van der Waals surface area contributed by atoms with E-state index >= 15 is 0 Å². The largest absolute Gasteiger partial charge is 0.497 e. The van der Waals surface area contributed by atoms with Crippen molar-refractivity contribution in [2.75, 3.05) is 21.2 Å².